The highest BCUT2D eigenvalue weighted by Crippen LogP contribution is 2.18. The highest BCUT2D eigenvalue weighted by molar-refractivity contribution is 7.11. The van der Waals surface area contributed by atoms with Crippen LogP contribution in [0.3, 0.4) is 0 Å². The highest BCUT2D eigenvalue weighted by Gasteiger charge is 2.14. The second kappa shape index (κ2) is 4.13. The van der Waals surface area contributed by atoms with Crippen LogP contribution < -0.4 is 5.73 Å². The number of nitrogens with zero attached hydrogens (tertiary/aromatic N) is 1. The summed E-state index contributed by atoms with van der Waals surface area (Å²) in [6.07, 6.45) is 0. The first-order valence-electron chi connectivity index (χ1n) is 4.75. The molecule has 0 saturated carbocycles. The molecule has 0 radical (unpaired) electrons. The van der Waals surface area contributed by atoms with Crippen molar-refractivity contribution in [3.8, 4) is 0 Å². The molecule has 0 aliphatic heterocycles. The topological polar surface area (TPSA) is 38.4 Å². The molecule has 0 amide bonds. The molecule has 3 heteroatoms. The van der Waals surface area contributed by atoms with Gasteiger partial charge in [-0.15, -0.1) is 11.3 Å². The zero-order valence-electron chi connectivity index (χ0n) is 9.29. The molecule has 2 nitrogen and oxygen atoms in total. The Bertz CT molecular complexity index is 331. The summed E-state index contributed by atoms with van der Waals surface area (Å²) in [6.45, 7) is 9.04. The van der Waals surface area contributed by atoms with Crippen LogP contribution in [0.25, 0.3) is 0 Å². The minimum Gasteiger partial charge on any atom is -0.387 e. The van der Waals surface area contributed by atoms with E-state index in [1.54, 1.807) is 11.3 Å². The van der Waals surface area contributed by atoms with E-state index < -0.39 is 0 Å². The SMILES string of the molecule is Cc1ccc(CN=C(N)C(C)(C)C)s1. The summed E-state index contributed by atoms with van der Waals surface area (Å²) < 4.78 is 0. The van der Waals surface area contributed by atoms with Crippen LogP contribution in [-0.4, -0.2) is 5.84 Å². The maximum Gasteiger partial charge on any atom is 0.0995 e. The van der Waals surface area contributed by atoms with Gasteiger partial charge >= 0.3 is 0 Å². The van der Waals surface area contributed by atoms with Gasteiger partial charge in [0.05, 0.1) is 12.4 Å². The maximum atomic E-state index is 5.86. The Morgan fingerprint density at radius 3 is 2.50 bits per heavy atom. The molecule has 0 aliphatic rings. The van der Waals surface area contributed by atoms with Gasteiger partial charge < -0.3 is 5.73 Å². The lowest BCUT2D eigenvalue weighted by atomic mass is 9.95. The number of hydrogen-bond acceptors (Lipinski definition) is 2. The maximum absolute atomic E-state index is 5.86. The fourth-order valence-electron chi connectivity index (χ4n) is 0.970. The normalized spacial score (nSPS) is 13.3. The second-order valence-corrected chi connectivity index (χ2v) is 5.84. The molecule has 1 heterocycles. The summed E-state index contributed by atoms with van der Waals surface area (Å²) in [5.41, 5.74) is 5.84. The van der Waals surface area contributed by atoms with Gasteiger partial charge in [-0.25, -0.2) is 0 Å². The van der Waals surface area contributed by atoms with E-state index in [2.05, 4.69) is 44.8 Å². The fraction of sp³-hybridized carbons (Fsp3) is 0.545. The van der Waals surface area contributed by atoms with Crippen molar-refractivity contribution in [2.75, 3.05) is 0 Å². The lowest BCUT2D eigenvalue weighted by Gasteiger charge is -2.17. The number of rotatable bonds is 2. The van der Waals surface area contributed by atoms with Gasteiger partial charge in [-0.05, 0) is 19.1 Å². The molecule has 78 valence electrons. The zero-order chi connectivity index (χ0) is 10.8. The second-order valence-electron chi connectivity index (χ2n) is 4.46. The average Bonchev–Trinajstić information content (AvgIpc) is 2.45. The van der Waals surface area contributed by atoms with E-state index in [0.29, 0.717) is 6.54 Å². The minimum atomic E-state index is -0.0215. The van der Waals surface area contributed by atoms with E-state index in [9.17, 15) is 0 Å². The van der Waals surface area contributed by atoms with Crippen LogP contribution in [0.5, 0.6) is 0 Å². The first kappa shape index (κ1) is 11.2. The van der Waals surface area contributed by atoms with Crippen molar-refractivity contribution < 1.29 is 0 Å². The van der Waals surface area contributed by atoms with E-state index in [4.69, 9.17) is 5.73 Å². The summed E-state index contributed by atoms with van der Waals surface area (Å²) in [4.78, 5) is 6.98. The van der Waals surface area contributed by atoms with Crippen molar-refractivity contribution in [3.05, 3.63) is 21.9 Å². The van der Waals surface area contributed by atoms with Crippen LogP contribution >= 0.6 is 11.3 Å². The van der Waals surface area contributed by atoms with Crippen LogP contribution in [0.15, 0.2) is 17.1 Å². The minimum absolute atomic E-state index is 0.0215. The molecule has 1 aromatic heterocycles. The molecule has 0 unspecified atom stereocenters. The van der Waals surface area contributed by atoms with Crippen LogP contribution in [-0.2, 0) is 6.54 Å². The molecule has 0 aliphatic carbocycles. The highest BCUT2D eigenvalue weighted by atomic mass is 32.1. The number of nitrogens with two attached hydrogens (primary N) is 1. The van der Waals surface area contributed by atoms with Crippen molar-refractivity contribution in [2.45, 2.75) is 34.2 Å². The molecule has 2 N–H and O–H groups in total. The summed E-state index contributed by atoms with van der Waals surface area (Å²) in [5, 5.41) is 0. The van der Waals surface area contributed by atoms with E-state index in [0.717, 1.165) is 5.84 Å². The molecule has 0 atom stereocenters. The third-order valence-electron chi connectivity index (χ3n) is 1.97. The monoisotopic (exact) mass is 210 g/mol. The predicted octanol–water partition coefficient (Wildman–Crippen LogP) is 2.96. The first-order chi connectivity index (χ1) is 6.39. The Morgan fingerprint density at radius 1 is 1.43 bits per heavy atom. The molecule has 1 rings (SSSR count). The van der Waals surface area contributed by atoms with Gasteiger partial charge in [-0.3, -0.25) is 4.99 Å². The van der Waals surface area contributed by atoms with Gasteiger partial charge in [0, 0.05) is 15.2 Å². The van der Waals surface area contributed by atoms with E-state index >= 15 is 0 Å². The van der Waals surface area contributed by atoms with Gasteiger partial charge in [0.25, 0.3) is 0 Å². The quantitative estimate of drug-likeness (QED) is 0.591. The summed E-state index contributed by atoms with van der Waals surface area (Å²) in [7, 11) is 0. The van der Waals surface area contributed by atoms with Crippen molar-refractivity contribution in [1.29, 1.82) is 0 Å². The van der Waals surface area contributed by atoms with E-state index in [1.807, 2.05) is 0 Å². The van der Waals surface area contributed by atoms with Crippen molar-refractivity contribution in [1.82, 2.24) is 0 Å². The van der Waals surface area contributed by atoms with Gasteiger partial charge in [0.15, 0.2) is 0 Å². The number of amidine groups is 1. The molecule has 0 fully saturated rings. The van der Waals surface area contributed by atoms with Crippen molar-refractivity contribution >= 4 is 17.2 Å². The number of aliphatic imine (C=N–C) groups is 1. The summed E-state index contributed by atoms with van der Waals surface area (Å²) >= 11 is 1.78. The first-order valence-corrected chi connectivity index (χ1v) is 5.57. The third-order valence-corrected chi connectivity index (χ3v) is 2.96. The van der Waals surface area contributed by atoms with Gasteiger partial charge in [0.2, 0.25) is 0 Å². The van der Waals surface area contributed by atoms with Crippen LogP contribution in [0, 0.1) is 12.3 Å². The zero-order valence-corrected chi connectivity index (χ0v) is 10.1. The molecule has 14 heavy (non-hydrogen) atoms. The third kappa shape index (κ3) is 3.14. The lowest BCUT2D eigenvalue weighted by Crippen LogP contribution is -2.28. The van der Waals surface area contributed by atoms with E-state index in [-0.39, 0.29) is 5.41 Å². The lowest BCUT2D eigenvalue weighted by molar-refractivity contribution is 0.581. The average molecular weight is 210 g/mol. The molecular weight excluding hydrogens is 192 g/mol. The number of hydrogen-bond donors (Lipinski definition) is 1. The van der Waals surface area contributed by atoms with Gasteiger partial charge in [-0.2, -0.15) is 0 Å². The summed E-state index contributed by atoms with van der Waals surface area (Å²) in [5.74, 6) is 0.726. The Labute approximate surface area is 89.9 Å². The Hall–Kier alpha value is -0.830. The Morgan fingerprint density at radius 2 is 2.07 bits per heavy atom. The van der Waals surface area contributed by atoms with Gasteiger partial charge in [0.1, 0.15) is 0 Å². The number of aryl methyl sites for hydroxylation is 1. The smallest absolute Gasteiger partial charge is 0.0995 e. The molecule has 0 bridgehead atoms. The largest absolute Gasteiger partial charge is 0.387 e. The van der Waals surface area contributed by atoms with Crippen LogP contribution in [0.2, 0.25) is 0 Å². The molecule has 0 aromatic carbocycles. The van der Waals surface area contributed by atoms with Crippen molar-refractivity contribution in [3.63, 3.8) is 0 Å². The standard InChI is InChI=1S/C11H18N2S/c1-8-5-6-9(14-8)7-13-10(12)11(2,3)4/h5-6H,7H2,1-4H3,(H2,12,13). The number of thiophene rings is 1. The molecule has 0 spiro atoms. The van der Waals surface area contributed by atoms with Crippen LogP contribution in [0.4, 0.5) is 0 Å². The molecule has 1 aromatic rings. The molecule has 0 saturated heterocycles. The Kier molecular flexibility index (Phi) is 3.32. The van der Waals surface area contributed by atoms with E-state index in [1.165, 1.54) is 9.75 Å². The summed E-state index contributed by atoms with van der Waals surface area (Å²) in [6, 6.07) is 4.22. The fourth-order valence-corrected chi connectivity index (χ4v) is 1.79. The predicted molar refractivity (Wildman–Crippen MR) is 63.8 cm³/mol. The van der Waals surface area contributed by atoms with Crippen molar-refractivity contribution in [2.24, 2.45) is 16.1 Å². The molecular formula is C11H18N2S. The Balaban J connectivity index is 2.64. The van der Waals surface area contributed by atoms with Gasteiger partial charge in [-0.1, -0.05) is 20.8 Å². The van der Waals surface area contributed by atoms with Crippen LogP contribution in [0.1, 0.15) is 30.5 Å².